The molecule has 0 aliphatic carbocycles. The molecule has 1 N–H and O–H groups in total. The number of hydrogen-bond acceptors (Lipinski definition) is 5. The quantitative estimate of drug-likeness (QED) is 0.276. The Bertz CT molecular complexity index is 1420. The monoisotopic (exact) mass is 527 g/mol. The van der Waals surface area contributed by atoms with Gasteiger partial charge in [0.25, 0.3) is 5.91 Å². The van der Waals surface area contributed by atoms with E-state index in [1.165, 1.54) is 6.07 Å². The molecular weight excluding hydrogens is 499 g/mol. The number of amides is 1. The van der Waals surface area contributed by atoms with Crippen molar-refractivity contribution in [3.8, 4) is 16.3 Å². The highest BCUT2D eigenvalue weighted by Gasteiger charge is 2.32. The first-order valence-electron chi connectivity index (χ1n) is 11.8. The molecule has 4 rings (SSSR count). The minimum Gasteiger partial charge on any atom is -0.492 e. The average Bonchev–Trinajstić information content (AvgIpc) is 3.35. The van der Waals surface area contributed by atoms with E-state index in [4.69, 9.17) is 4.74 Å². The number of halogens is 3. The van der Waals surface area contributed by atoms with Crippen LogP contribution < -0.4 is 10.1 Å². The van der Waals surface area contributed by atoms with Crippen LogP contribution in [0.4, 0.5) is 13.2 Å². The Kier molecular flexibility index (Phi) is 7.85. The summed E-state index contributed by atoms with van der Waals surface area (Å²) in [5.74, 6) is 0.348. The number of rotatable bonds is 8. The molecule has 9 heteroatoms. The van der Waals surface area contributed by atoms with E-state index in [-0.39, 0.29) is 5.91 Å². The summed E-state index contributed by atoms with van der Waals surface area (Å²) in [7, 11) is 3.92. The highest BCUT2D eigenvalue weighted by molar-refractivity contribution is 7.15. The van der Waals surface area contributed by atoms with Gasteiger partial charge >= 0.3 is 6.18 Å². The van der Waals surface area contributed by atoms with Gasteiger partial charge in [-0.05, 0) is 75.5 Å². The van der Waals surface area contributed by atoms with Crippen LogP contribution in [0.1, 0.15) is 39.3 Å². The zero-order valence-corrected chi connectivity index (χ0v) is 21.8. The minimum absolute atomic E-state index is 0.263. The van der Waals surface area contributed by atoms with Gasteiger partial charge in [-0.1, -0.05) is 24.3 Å². The number of nitrogens with zero attached hydrogens (tertiary/aromatic N) is 2. The van der Waals surface area contributed by atoms with E-state index >= 15 is 0 Å². The number of carbonyl (C=O) groups excluding carboxylic acids is 1. The maximum atomic E-state index is 13.3. The van der Waals surface area contributed by atoms with Gasteiger partial charge in [0.1, 0.15) is 17.2 Å². The molecule has 0 fully saturated rings. The molecule has 0 spiro atoms. The first kappa shape index (κ1) is 26.6. The normalized spacial score (nSPS) is 12.6. The number of carbonyl (C=O) groups is 1. The molecule has 2 aromatic carbocycles. The summed E-state index contributed by atoms with van der Waals surface area (Å²) in [6, 6.07) is 16.6. The van der Waals surface area contributed by atoms with E-state index in [0.717, 1.165) is 29.1 Å². The van der Waals surface area contributed by atoms with Crippen molar-refractivity contribution in [3.05, 3.63) is 82.2 Å². The van der Waals surface area contributed by atoms with Crippen LogP contribution in [0.25, 0.3) is 21.5 Å². The van der Waals surface area contributed by atoms with Crippen molar-refractivity contribution < 1.29 is 22.7 Å². The Hall–Kier alpha value is -3.43. The topological polar surface area (TPSA) is 54.5 Å². The van der Waals surface area contributed by atoms with Crippen LogP contribution in [0.5, 0.6) is 5.75 Å². The van der Waals surface area contributed by atoms with Crippen molar-refractivity contribution in [2.45, 2.75) is 26.1 Å². The van der Waals surface area contributed by atoms with Gasteiger partial charge in [-0.15, -0.1) is 11.3 Å². The molecule has 2 aromatic heterocycles. The predicted molar refractivity (Wildman–Crippen MR) is 141 cm³/mol. The van der Waals surface area contributed by atoms with Crippen molar-refractivity contribution in [2.24, 2.45) is 0 Å². The smallest absolute Gasteiger partial charge is 0.425 e. The molecule has 0 saturated carbocycles. The number of pyridine rings is 1. The van der Waals surface area contributed by atoms with Gasteiger partial charge in [-0.25, -0.2) is 4.98 Å². The molecule has 1 amide bonds. The summed E-state index contributed by atoms with van der Waals surface area (Å²) in [4.78, 5) is 19.6. The van der Waals surface area contributed by atoms with Gasteiger partial charge in [0.15, 0.2) is 0 Å². The third-order valence-electron chi connectivity index (χ3n) is 5.96. The Labute approximate surface area is 217 Å². The van der Waals surface area contributed by atoms with Crippen LogP contribution in [0.3, 0.4) is 0 Å². The first-order chi connectivity index (χ1) is 17.5. The molecule has 0 radical (unpaired) electrons. The number of benzene rings is 2. The van der Waals surface area contributed by atoms with Crippen LogP contribution in [-0.2, 0) is 6.18 Å². The lowest BCUT2D eigenvalue weighted by molar-refractivity contribution is -0.134. The SMILES string of the molecule is Cc1ccc(OCCN(C)C)cc1C(=O)N[C@H](C)c1cc(-c2ccc(C(F)(F)F)s2)nc2ccccc12. The lowest BCUT2D eigenvalue weighted by Gasteiger charge is -2.19. The predicted octanol–water partition coefficient (Wildman–Crippen LogP) is 6.72. The summed E-state index contributed by atoms with van der Waals surface area (Å²) >= 11 is 0.653. The van der Waals surface area contributed by atoms with Crippen molar-refractivity contribution in [3.63, 3.8) is 0 Å². The fourth-order valence-electron chi connectivity index (χ4n) is 3.95. The Balaban J connectivity index is 1.62. The number of nitrogens with one attached hydrogen (secondary N) is 1. The van der Waals surface area contributed by atoms with Crippen LogP contribution in [0.15, 0.2) is 60.7 Å². The van der Waals surface area contributed by atoms with Crippen LogP contribution in [0, 0.1) is 6.92 Å². The second-order valence-electron chi connectivity index (χ2n) is 9.10. The summed E-state index contributed by atoms with van der Waals surface area (Å²) in [5.41, 5.74) is 3.16. The van der Waals surface area contributed by atoms with Crippen molar-refractivity contribution in [1.29, 1.82) is 0 Å². The van der Waals surface area contributed by atoms with Gasteiger partial charge in [-0.3, -0.25) is 4.79 Å². The lowest BCUT2D eigenvalue weighted by Crippen LogP contribution is -2.27. The van der Waals surface area contributed by atoms with Crippen molar-refractivity contribution >= 4 is 28.1 Å². The van der Waals surface area contributed by atoms with E-state index in [9.17, 15) is 18.0 Å². The molecule has 0 bridgehead atoms. The standard InChI is InChI=1S/C28H28F3N3O2S/c1-17-9-10-19(36-14-13-34(3)4)15-21(17)27(35)32-18(2)22-16-24(33-23-8-6-5-7-20(22)23)25-11-12-26(37-25)28(29,30)31/h5-12,15-16,18H,13-14H2,1-4H3,(H,32,35)/t18-/m1/s1. The number of thiophene rings is 1. The molecule has 5 nitrogen and oxygen atoms in total. The zero-order chi connectivity index (χ0) is 26.7. The Morgan fingerprint density at radius 3 is 2.57 bits per heavy atom. The maximum Gasteiger partial charge on any atom is 0.425 e. The summed E-state index contributed by atoms with van der Waals surface area (Å²) < 4.78 is 45.3. The lowest BCUT2D eigenvalue weighted by atomic mass is 10.0. The van der Waals surface area contributed by atoms with E-state index < -0.39 is 17.1 Å². The van der Waals surface area contributed by atoms with E-state index in [1.807, 2.05) is 69.2 Å². The third kappa shape index (κ3) is 6.29. The first-order valence-corrected chi connectivity index (χ1v) is 12.6. The number of likely N-dealkylation sites (N-methyl/N-ethyl adjacent to an activating group) is 1. The molecule has 194 valence electrons. The number of ether oxygens (including phenoxy) is 1. The van der Waals surface area contributed by atoms with Gasteiger partial charge < -0.3 is 15.0 Å². The molecule has 0 aliphatic rings. The molecule has 1 atom stereocenters. The molecule has 2 heterocycles. The number of fused-ring (bicyclic) bond motifs is 1. The largest absolute Gasteiger partial charge is 0.492 e. The van der Waals surface area contributed by atoms with Crippen LogP contribution in [-0.4, -0.2) is 43.0 Å². The van der Waals surface area contributed by atoms with Gasteiger partial charge in [0.2, 0.25) is 0 Å². The fourth-order valence-corrected chi connectivity index (χ4v) is 4.78. The van der Waals surface area contributed by atoms with Crippen molar-refractivity contribution in [2.75, 3.05) is 27.2 Å². The maximum absolute atomic E-state index is 13.3. The van der Waals surface area contributed by atoms with Crippen molar-refractivity contribution in [1.82, 2.24) is 15.2 Å². The number of alkyl halides is 3. The van der Waals surface area contributed by atoms with Gasteiger partial charge in [0, 0.05) is 17.5 Å². The molecule has 0 saturated heterocycles. The Morgan fingerprint density at radius 2 is 1.86 bits per heavy atom. The van der Waals surface area contributed by atoms with Crippen LogP contribution in [0.2, 0.25) is 0 Å². The summed E-state index contributed by atoms with van der Waals surface area (Å²) in [6.45, 7) is 4.96. The number of aromatic nitrogens is 1. The molecule has 37 heavy (non-hydrogen) atoms. The van der Waals surface area contributed by atoms with Gasteiger partial charge in [-0.2, -0.15) is 13.2 Å². The molecule has 0 unspecified atom stereocenters. The summed E-state index contributed by atoms with van der Waals surface area (Å²) in [6.07, 6.45) is -4.41. The second kappa shape index (κ2) is 10.9. The molecule has 0 aliphatic heterocycles. The summed E-state index contributed by atoms with van der Waals surface area (Å²) in [5, 5.41) is 3.87. The molecule has 4 aromatic rings. The average molecular weight is 528 g/mol. The molecular formula is C28H28F3N3O2S. The minimum atomic E-state index is -4.41. The van der Waals surface area contributed by atoms with E-state index in [0.29, 0.717) is 45.3 Å². The van der Waals surface area contributed by atoms with E-state index in [1.54, 1.807) is 12.1 Å². The third-order valence-corrected chi connectivity index (χ3v) is 7.11. The van der Waals surface area contributed by atoms with Gasteiger partial charge in [0.05, 0.1) is 22.1 Å². The van der Waals surface area contributed by atoms with E-state index in [2.05, 4.69) is 10.3 Å². The highest BCUT2D eigenvalue weighted by atomic mass is 32.1. The number of aryl methyl sites for hydroxylation is 1. The Morgan fingerprint density at radius 1 is 1.11 bits per heavy atom. The highest BCUT2D eigenvalue weighted by Crippen LogP contribution is 2.39. The zero-order valence-electron chi connectivity index (χ0n) is 21.0. The number of para-hydroxylation sites is 1. The number of hydrogen-bond donors (Lipinski definition) is 1. The van der Waals surface area contributed by atoms with Crippen LogP contribution >= 0.6 is 11.3 Å². The fraction of sp³-hybridized carbons (Fsp3) is 0.286. The second-order valence-corrected chi connectivity index (χ2v) is 10.2.